The number of aliphatic hydroxyl groups excluding tert-OH is 1. The maximum Gasteiger partial charge on any atom is 0.338 e. The average molecular weight is 253 g/mol. The molecular formula is C13H16FNO3. The standard InChI is InChI=1S/C13H16FNO3/c1-13(2)10(6-11(13)16)15-7-3-4-8(12(17)18)9(14)5-7/h3-5,10-11,15-16H,6H2,1-2H3,(H,17,18). The summed E-state index contributed by atoms with van der Waals surface area (Å²) < 4.78 is 13.5. The number of rotatable bonds is 3. The summed E-state index contributed by atoms with van der Waals surface area (Å²) in [5.74, 6) is -2.04. The number of carbonyl (C=O) groups is 1. The van der Waals surface area contributed by atoms with E-state index in [-0.39, 0.29) is 23.1 Å². The Labute approximate surface area is 104 Å². The van der Waals surface area contributed by atoms with Gasteiger partial charge in [0, 0.05) is 17.1 Å². The van der Waals surface area contributed by atoms with E-state index in [1.54, 1.807) is 0 Å². The highest BCUT2D eigenvalue weighted by atomic mass is 19.1. The van der Waals surface area contributed by atoms with E-state index >= 15 is 0 Å². The number of aliphatic hydroxyl groups is 1. The zero-order valence-electron chi connectivity index (χ0n) is 10.3. The van der Waals surface area contributed by atoms with Crippen molar-refractivity contribution in [2.24, 2.45) is 5.41 Å². The van der Waals surface area contributed by atoms with Gasteiger partial charge in [0.15, 0.2) is 0 Å². The van der Waals surface area contributed by atoms with Gasteiger partial charge in [0.2, 0.25) is 0 Å². The molecule has 1 aromatic carbocycles. The van der Waals surface area contributed by atoms with Crippen LogP contribution < -0.4 is 5.32 Å². The fourth-order valence-electron chi connectivity index (χ4n) is 2.13. The Morgan fingerprint density at radius 3 is 2.61 bits per heavy atom. The zero-order valence-corrected chi connectivity index (χ0v) is 10.3. The first kappa shape index (κ1) is 12.8. The maximum atomic E-state index is 13.5. The molecule has 18 heavy (non-hydrogen) atoms. The minimum atomic E-state index is -1.28. The third-order valence-electron chi connectivity index (χ3n) is 3.76. The number of nitrogens with one attached hydrogen (secondary N) is 1. The fraction of sp³-hybridized carbons (Fsp3) is 0.462. The lowest BCUT2D eigenvalue weighted by molar-refractivity contribution is -0.0510. The highest BCUT2D eigenvalue weighted by Gasteiger charge is 2.47. The Hall–Kier alpha value is -1.62. The van der Waals surface area contributed by atoms with Crippen LogP contribution in [0.2, 0.25) is 0 Å². The van der Waals surface area contributed by atoms with Crippen LogP contribution in [0.15, 0.2) is 18.2 Å². The van der Waals surface area contributed by atoms with Crippen LogP contribution in [0.3, 0.4) is 0 Å². The third kappa shape index (κ3) is 2.06. The average Bonchev–Trinajstić information content (AvgIpc) is 2.28. The van der Waals surface area contributed by atoms with Gasteiger partial charge in [0.05, 0.1) is 11.7 Å². The second-order valence-corrected chi connectivity index (χ2v) is 5.27. The molecule has 98 valence electrons. The molecule has 0 spiro atoms. The summed E-state index contributed by atoms with van der Waals surface area (Å²) in [7, 11) is 0. The Balaban J connectivity index is 2.12. The van der Waals surface area contributed by atoms with Gasteiger partial charge in [-0.05, 0) is 24.6 Å². The largest absolute Gasteiger partial charge is 0.478 e. The number of carboxylic acids is 1. The molecular weight excluding hydrogens is 237 g/mol. The molecule has 3 N–H and O–H groups in total. The molecule has 4 nitrogen and oxygen atoms in total. The minimum Gasteiger partial charge on any atom is -0.478 e. The van der Waals surface area contributed by atoms with Crippen LogP contribution >= 0.6 is 0 Å². The number of hydrogen-bond donors (Lipinski definition) is 3. The predicted octanol–water partition coefficient (Wildman–Crippen LogP) is 2.10. The first-order chi connectivity index (χ1) is 8.32. The topological polar surface area (TPSA) is 69.6 Å². The Morgan fingerprint density at radius 1 is 1.50 bits per heavy atom. The van der Waals surface area contributed by atoms with Crippen LogP contribution in [-0.4, -0.2) is 28.3 Å². The van der Waals surface area contributed by atoms with Crippen molar-refractivity contribution in [2.75, 3.05) is 5.32 Å². The van der Waals surface area contributed by atoms with Crippen LogP contribution in [-0.2, 0) is 0 Å². The molecule has 1 aliphatic carbocycles. The number of anilines is 1. The molecule has 1 aromatic rings. The van der Waals surface area contributed by atoms with Crippen LogP contribution in [0, 0.1) is 11.2 Å². The number of benzene rings is 1. The van der Waals surface area contributed by atoms with E-state index in [0.29, 0.717) is 12.1 Å². The Morgan fingerprint density at radius 2 is 2.17 bits per heavy atom. The van der Waals surface area contributed by atoms with Gasteiger partial charge in [0.1, 0.15) is 5.82 Å². The van der Waals surface area contributed by atoms with E-state index in [4.69, 9.17) is 5.11 Å². The van der Waals surface area contributed by atoms with Crippen molar-refractivity contribution in [3.05, 3.63) is 29.6 Å². The SMILES string of the molecule is CC1(C)C(O)CC1Nc1ccc(C(=O)O)c(F)c1. The first-order valence-corrected chi connectivity index (χ1v) is 5.80. The van der Waals surface area contributed by atoms with E-state index in [1.165, 1.54) is 18.2 Å². The Bertz CT molecular complexity index is 487. The predicted molar refractivity (Wildman–Crippen MR) is 65.2 cm³/mol. The molecule has 1 saturated carbocycles. The summed E-state index contributed by atoms with van der Waals surface area (Å²) in [5.41, 5.74) is -0.0713. The molecule has 0 aliphatic heterocycles. The quantitative estimate of drug-likeness (QED) is 0.771. The fourth-order valence-corrected chi connectivity index (χ4v) is 2.13. The van der Waals surface area contributed by atoms with Gasteiger partial charge in [-0.2, -0.15) is 0 Å². The van der Waals surface area contributed by atoms with Crippen LogP contribution in [0.4, 0.5) is 10.1 Å². The molecule has 2 rings (SSSR count). The molecule has 0 saturated heterocycles. The highest BCUT2D eigenvalue weighted by molar-refractivity contribution is 5.88. The lowest BCUT2D eigenvalue weighted by atomic mass is 9.64. The van der Waals surface area contributed by atoms with Crippen molar-refractivity contribution in [3.63, 3.8) is 0 Å². The van der Waals surface area contributed by atoms with Gasteiger partial charge < -0.3 is 15.5 Å². The van der Waals surface area contributed by atoms with Crippen molar-refractivity contribution in [2.45, 2.75) is 32.4 Å². The second-order valence-electron chi connectivity index (χ2n) is 5.27. The van der Waals surface area contributed by atoms with Gasteiger partial charge in [-0.1, -0.05) is 13.8 Å². The number of carboxylic acid groups (broad SMARTS) is 1. The van der Waals surface area contributed by atoms with Crippen molar-refractivity contribution in [1.82, 2.24) is 0 Å². The van der Waals surface area contributed by atoms with Gasteiger partial charge >= 0.3 is 5.97 Å². The van der Waals surface area contributed by atoms with E-state index in [2.05, 4.69) is 5.32 Å². The van der Waals surface area contributed by atoms with Gasteiger partial charge in [-0.3, -0.25) is 0 Å². The number of halogens is 1. The van der Waals surface area contributed by atoms with E-state index < -0.39 is 11.8 Å². The van der Waals surface area contributed by atoms with Crippen LogP contribution in [0.5, 0.6) is 0 Å². The first-order valence-electron chi connectivity index (χ1n) is 5.80. The normalized spacial score (nSPS) is 25.3. The summed E-state index contributed by atoms with van der Waals surface area (Å²) in [6.07, 6.45) is 0.244. The monoisotopic (exact) mass is 253 g/mol. The van der Waals surface area contributed by atoms with Gasteiger partial charge in [-0.25, -0.2) is 9.18 Å². The minimum absolute atomic E-state index is 0.0579. The summed E-state index contributed by atoms with van der Waals surface area (Å²) in [5, 5.41) is 21.4. The van der Waals surface area contributed by atoms with Crippen molar-refractivity contribution in [1.29, 1.82) is 0 Å². The Kier molecular flexibility index (Phi) is 3.02. The zero-order chi connectivity index (χ0) is 13.5. The van der Waals surface area contributed by atoms with Crippen molar-refractivity contribution < 1.29 is 19.4 Å². The number of hydrogen-bond acceptors (Lipinski definition) is 3. The van der Waals surface area contributed by atoms with Gasteiger partial charge in [0.25, 0.3) is 0 Å². The lowest BCUT2D eigenvalue weighted by Crippen LogP contribution is -2.56. The molecule has 1 fully saturated rings. The summed E-state index contributed by atoms with van der Waals surface area (Å²) >= 11 is 0. The number of aromatic carboxylic acids is 1. The summed E-state index contributed by atoms with van der Waals surface area (Å²) in [6.45, 7) is 3.86. The van der Waals surface area contributed by atoms with E-state index in [0.717, 1.165) is 0 Å². The van der Waals surface area contributed by atoms with Crippen molar-refractivity contribution >= 4 is 11.7 Å². The van der Waals surface area contributed by atoms with Crippen molar-refractivity contribution in [3.8, 4) is 0 Å². The summed E-state index contributed by atoms with van der Waals surface area (Å²) in [4.78, 5) is 10.7. The molecule has 0 heterocycles. The highest BCUT2D eigenvalue weighted by Crippen LogP contribution is 2.42. The third-order valence-corrected chi connectivity index (χ3v) is 3.76. The molecule has 0 aromatic heterocycles. The molecule has 5 heteroatoms. The second kappa shape index (κ2) is 4.24. The molecule has 2 unspecified atom stereocenters. The molecule has 0 radical (unpaired) electrons. The molecule has 1 aliphatic rings. The van der Waals surface area contributed by atoms with Crippen LogP contribution in [0.1, 0.15) is 30.6 Å². The smallest absolute Gasteiger partial charge is 0.338 e. The molecule has 0 bridgehead atoms. The van der Waals surface area contributed by atoms with E-state index in [1.807, 2.05) is 13.8 Å². The lowest BCUT2D eigenvalue weighted by Gasteiger charge is -2.49. The van der Waals surface area contributed by atoms with Crippen LogP contribution in [0.25, 0.3) is 0 Å². The van der Waals surface area contributed by atoms with E-state index in [9.17, 15) is 14.3 Å². The molecule has 0 amide bonds. The maximum absolute atomic E-state index is 13.5. The summed E-state index contributed by atoms with van der Waals surface area (Å²) in [6, 6.07) is 4.00. The molecule has 2 atom stereocenters. The van der Waals surface area contributed by atoms with Gasteiger partial charge in [-0.15, -0.1) is 0 Å².